The van der Waals surface area contributed by atoms with Crippen molar-refractivity contribution in [2.24, 2.45) is 0 Å². The Morgan fingerprint density at radius 2 is 2.03 bits per heavy atom. The van der Waals surface area contributed by atoms with Crippen LogP contribution in [0.1, 0.15) is 75.1 Å². The van der Waals surface area contributed by atoms with Gasteiger partial charge in [0.25, 0.3) is 0 Å². The van der Waals surface area contributed by atoms with Crippen LogP contribution in [0, 0.1) is 6.92 Å². The Hall–Kier alpha value is -2.90. The number of anilines is 1. The maximum absolute atomic E-state index is 12.7. The molecule has 0 unspecified atom stereocenters. The number of fused-ring (bicyclic) bond motifs is 1. The third-order valence-corrected chi connectivity index (χ3v) is 6.08. The highest BCUT2D eigenvalue weighted by molar-refractivity contribution is 5.94. The molecule has 2 aromatic rings. The summed E-state index contributed by atoms with van der Waals surface area (Å²) < 4.78 is 11.0. The zero-order chi connectivity index (χ0) is 21.7. The van der Waals surface area contributed by atoms with Crippen molar-refractivity contribution in [2.45, 2.75) is 76.7 Å². The van der Waals surface area contributed by atoms with Gasteiger partial charge in [-0.25, -0.2) is 0 Å². The van der Waals surface area contributed by atoms with E-state index in [4.69, 9.17) is 9.26 Å². The summed E-state index contributed by atoms with van der Waals surface area (Å²) in [4.78, 5) is 28.7. The lowest BCUT2D eigenvalue weighted by Gasteiger charge is -2.30. The Labute approximate surface area is 182 Å². The van der Waals surface area contributed by atoms with Crippen LogP contribution in [0.4, 0.5) is 5.69 Å². The van der Waals surface area contributed by atoms with E-state index in [9.17, 15) is 9.59 Å². The van der Waals surface area contributed by atoms with Gasteiger partial charge in [-0.05, 0) is 49.4 Å². The Bertz CT molecular complexity index is 931. The molecule has 0 saturated heterocycles. The number of aryl methyl sites for hydroxylation is 2. The van der Waals surface area contributed by atoms with E-state index in [-0.39, 0.29) is 11.8 Å². The molecule has 1 aliphatic carbocycles. The molecule has 31 heavy (non-hydrogen) atoms. The van der Waals surface area contributed by atoms with E-state index in [1.165, 1.54) is 0 Å². The van der Waals surface area contributed by atoms with Crippen LogP contribution in [0.5, 0.6) is 5.75 Å². The first kappa shape index (κ1) is 21.3. The molecule has 2 aliphatic rings. The molecule has 0 radical (unpaired) electrons. The standard InChI is InChI=1S/C23H30N4O4/c1-16-24-22(27-31-16)23(12-4-2-3-5-13-23)26-21(29)7-6-14-30-18-9-10-19-17(15-18)8-11-20(28)25-19/h9-10,15H,2-8,11-14H2,1H3,(H,25,28)(H,26,29). The number of nitrogens with zero attached hydrogens (tertiary/aromatic N) is 2. The minimum absolute atomic E-state index is 0.0129. The summed E-state index contributed by atoms with van der Waals surface area (Å²) >= 11 is 0. The van der Waals surface area contributed by atoms with Crippen LogP contribution >= 0.6 is 0 Å². The summed E-state index contributed by atoms with van der Waals surface area (Å²) in [5, 5.41) is 10.2. The van der Waals surface area contributed by atoms with Crippen LogP contribution in [0.3, 0.4) is 0 Å². The van der Waals surface area contributed by atoms with Gasteiger partial charge in [0.05, 0.1) is 6.61 Å². The van der Waals surface area contributed by atoms with Gasteiger partial charge in [-0.15, -0.1) is 0 Å². The number of hydrogen-bond acceptors (Lipinski definition) is 6. The molecular weight excluding hydrogens is 396 g/mol. The van der Waals surface area contributed by atoms with Crippen molar-refractivity contribution >= 4 is 17.5 Å². The Morgan fingerprint density at radius 1 is 1.23 bits per heavy atom. The lowest BCUT2D eigenvalue weighted by Crippen LogP contribution is -2.46. The molecule has 2 N–H and O–H groups in total. The predicted octanol–water partition coefficient (Wildman–Crippen LogP) is 3.79. The van der Waals surface area contributed by atoms with Crippen molar-refractivity contribution in [3.05, 3.63) is 35.5 Å². The van der Waals surface area contributed by atoms with Crippen LogP contribution in [0.2, 0.25) is 0 Å². The van der Waals surface area contributed by atoms with Crippen LogP contribution in [0.15, 0.2) is 22.7 Å². The average molecular weight is 427 g/mol. The quantitative estimate of drug-likeness (QED) is 0.515. The Kier molecular flexibility index (Phi) is 6.53. The summed E-state index contributed by atoms with van der Waals surface area (Å²) in [6, 6.07) is 5.69. The largest absolute Gasteiger partial charge is 0.494 e. The van der Waals surface area contributed by atoms with Gasteiger partial charge in [0.15, 0.2) is 5.82 Å². The van der Waals surface area contributed by atoms with Crippen LogP contribution in [-0.2, 0) is 21.5 Å². The maximum atomic E-state index is 12.7. The van der Waals surface area contributed by atoms with Crippen molar-refractivity contribution in [3.8, 4) is 5.75 Å². The van der Waals surface area contributed by atoms with E-state index in [1.54, 1.807) is 6.92 Å². The van der Waals surface area contributed by atoms with Gasteiger partial charge in [-0.1, -0.05) is 30.8 Å². The summed E-state index contributed by atoms with van der Waals surface area (Å²) in [6.07, 6.45) is 8.27. The smallest absolute Gasteiger partial charge is 0.224 e. The fraction of sp³-hybridized carbons (Fsp3) is 0.565. The first-order valence-electron chi connectivity index (χ1n) is 11.2. The van der Waals surface area contributed by atoms with Gasteiger partial charge in [0, 0.05) is 25.5 Å². The van der Waals surface area contributed by atoms with E-state index in [1.807, 2.05) is 18.2 Å². The minimum Gasteiger partial charge on any atom is -0.494 e. The zero-order valence-corrected chi connectivity index (χ0v) is 18.0. The van der Waals surface area contributed by atoms with E-state index < -0.39 is 5.54 Å². The summed E-state index contributed by atoms with van der Waals surface area (Å²) in [5.74, 6) is 1.91. The second-order valence-corrected chi connectivity index (χ2v) is 8.50. The van der Waals surface area contributed by atoms with E-state index in [2.05, 4.69) is 20.8 Å². The monoisotopic (exact) mass is 426 g/mol. The molecule has 0 bridgehead atoms. The number of carbonyl (C=O) groups is 2. The van der Waals surface area contributed by atoms with Crippen LogP contribution in [0.25, 0.3) is 0 Å². The van der Waals surface area contributed by atoms with Crippen molar-refractivity contribution in [3.63, 3.8) is 0 Å². The lowest BCUT2D eigenvalue weighted by atomic mass is 9.89. The maximum Gasteiger partial charge on any atom is 0.224 e. The highest BCUT2D eigenvalue weighted by atomic mass is 16.5. The SMILES string of the molecule is Cc1nc(C2(NC(=O)CCCOc3ccc4c(c3)CCC(=O)N4)CCCCCC2)no1. The first-order chi connectivity index (χ1) is 15.0. The normalized spacial score (nSPS) is 17.9. The highest BCUT2D eigenvalue weighted by Gasteiger charge is 2.38. The second-order valence-electron chi connectivity index (χ2n) is 8.50. The van der Waals surface area contributed by atoms with Crippen LogP contribution in [-0.4, -0.2) is 28.6 Å². The molecule has 1 aromatic heterocycles. The van der Waals surface area contributed by atoms with E-state index in [0.29, 0.717) is 37.6 Å². The zero-order valence-electron chi connectivity index (χ0n) is 18.0. The first-order valence-corrected chi connectivity index (χ1v) is 11.2. The van der Waals surface area contributed by atoms with Crippen molar-refractivity contribution in [2.75, 3.05) is 11.9 Å². The number of ether oxygens (including phenoxy) is 1. The molecule has 0 atom stereocenters. The predicted molar refractivity (Wildman–Crippen MR) is 115 cm³/mol. The molecule has 1 saturated carbocycles. The molecule has 8 heteroatoms. The van der Waals surface area contributed by atoms with Gasteiger partial charge >= 0.3 is 0 Å². The molecule has 0 spiro atoms. The molecule has 8 nitrogen and oxygen atoms in total. The number of carbonyl (C=O) groups excluding carboxylic acids is 2. The molecule has 1 aromatic carbocycles. The Morgan fingerprint density at radius 3 is 2.77 bits per heavy atom. The average Bonchev–Trinajstić information content (AvgIpc) is 3.06. The van der Waals surface area contributed by atoms with Gasteiger partial charge in [0.2, 0.25) is 17.7 Å². The number of hydrogen-bond donors (Lipinski definition) is 2. The van der Waals surface area contributed by atoms with Gasteiger partial charge in [0.1, 0.15) is 11.3 Å². The second kappa shape index (κ2) is 9.49. The number of benzene rings is 1. The molecular formula is C23H30N4O4. The molecule has 166 valence electrons. The fourth-order valence-corrected chi connectivity index (χ4v) is 4.43. The summed E-state index contributed by atoms with van der Waals surface area (Å²) in [5.41, 5.74) is 1.41. The number of rotatable bonds is 7. The summed E-state index contributed by atoms with van der Waals surface area (Å²) in [7, 11) is 0. The van der Waals surface area contributed by atoms with E-state index >= 15 is 0 Å². The molecule has 2 amide bonds. The van der Waals surface area contributed by atoms with Crippen molar-refractivity contribution < 1.29 is 18.8 Å². The third-order valence-electron chi connectivity index (χ3n) is 6.08. The third kappa shape index (κ3) is 5.24. The van der Waals surface area contributed by atoms with Crippen molar-refractivity contribution in [1.29, 1.82) is 0 Å². The van der Waals surface area contributed by atoms with Gasteiger partial charge < -0.3 is 19.9 Å². The fourth-order valence-electron chi connectivity index (χ4n) is 4.43. The molecule has 1 aliphatic heterocycles. The highest BCUT2D eigenvalue weighted by Crippen LogP contribution is 2.34. The summed E-state index contributed by atoms with van der Waals surface area (Å²) in [6.45, 7) is 2.22. The number of amides is 2. The molecule has 2 heterocycles. The molecule has 4 rings (SSSR count). The van der Waals surface area contributed by atoms with Crippen molar-refractivity contribution in [1.82, 2.24) is 15.5 Å². The molecule has 1 fully saturated rings. The number of nitrogens with one attached hydrogen (secondary N) is 2. The number of aromatic nitrogens is 2. The van der Waals surface area contributed by atoms with Gasteiger partial charge in [-0.2, -0.15) is 4.98 Å². The Balaban J connectivity index is 1.29. The van der Waals surface area contributed by atoms with Crippen LogP contribution < -0.4 is 15.4 Å². The lowest BCUT2D eigenvalue weighted by molar-refractivity contribution is -0.123. The minimum atomic E-state index is -0.533. The van der Waals surface area contributed by atoms with Gasteiger partial charge in [-0.3, -0.25) is 9.59 Å². The van der Waals surface area contributed by atoms with E-state index in [0.717, 1.165) is 61.9 Å². The topological polar surface area (TPSA) is 106 Å².